The maximum atomic E-state index is 13.1. The number of hydrogen-bond donors (Lipinski definition) is 2. The molecule has 1 aromatic carbocycles. The molecule has 1 atom stereocenters. The van der Waals surface area contributed by atoms with E-state index in [-0.39, 0.29) is 16.1 Å². The van der Waals surface area contributed by atoms with E-state index in [1.807, 2.05) is 0 Å². The standard InChI is InChI=1S/C10H9ClFNO3/c1-4(9(13)14)5-2-7(11)8(12)3-6(5)10(15)16/h2-4H,1H3,(H2,13,14)(H,15,16). The van der Waals surface area contributed by atoms with E-state index in [0.29, 0.717) is 0 Å². The number of carbonyl (C=O) groups excluding carboxylic acids is 1. The fourth-order valence-corrected chi connectivity index (χ4v) is 1.43. The molecule has 0 saturated carbocycles. The number of amides is 1. The second kappa shape index (κ2) is 4.49. The van der Waals surface area contributed by atoms with Crippen LogP contribution in [0.4, 0.5) is 4.39 Å². The quantitative estimate of drug-likeness (QED) is 0.852. The number of benzene rings is 1. The van der Waals surface area contributed by atoms with E-state index in [2.05, 4.69) is 0 Å². The molecular weight excluding hydrogens is 237 g/mol. The highest BCUT2D eigenvalue weighted by molar-refractivity contribution is 6.31. The third-order valence-corrected chi connectivity index (χ3v) is 2.51. The summed E-state index contributed by atoms with van der Waals surface area (Å²) in [5.74, 6) is -3.73. The molecule has 0 radical (unpaired) electrons. The van der Waals surface area contributed by atoms with Crippen molar-refractivity contribution in [3.05, 3.63) is 34.1 Å². The van der Waals surface area contributed by atoms with Crippen LogP contribution in [0.1, 0.15) is 28.8 Å². The van der Waals surface area contributed by atoms with Gasteiger partial charge in [-0.2, -0.15) is 0 Å². The van der Waals surface area contributed by atoms with Crippen LogP contribution < -0.4 is 5.73 Å². The number of primary amides is 1. The molecule has 1 rings (SSSR count). The number of hydrogen-bond acceptors (Lipinski definition) is 2. The van der Waals surface area contributed by atoms with E-state index in [4.69, 9.17) is 22.4 Å². The maximum Gasteiger partial charge on any atom is 0.336 e. The number of halogens is 2. The summed E-state index contributed by atoms with van der Waals surface area (Å²) < 4.78 is 13.1. The molecule has 0 aliphatic heterocycles. The largest absolute Gasteiger partial charge is 0.478 e. The van der Waals surface area contributed by atoms with E-state index < -0.39 is 23.6 Å². The average molecular weight is 246 g/mol. The van der Waals surface area contributed by atoms with Crippen molar-refractivity contribution in [1.82, 2.24) is 0 Å². The van der Waals surface area contributed by atoms with Gasteiger partial charge in [0, 0.05) is 0 Å². The first-order chi connectivity index (χ1) is 7.34. The lowest BCUT2D eigenvalue weighted by Gasteiger charge is -2.12. The highest BCUT2D eigenvalue weighted by Crippen LogP contribution is 2.26. The molecule has 0 saturated heterocycles. The lowest BCUT2D eigenvalue weighted by Crippen LogP contribution is -2.21. The number of carboxylic acids is 1. The molecular formula is C10H9ClFNO3. The topological polar surface area (TPSA) is 80.4 Å². The molecule has 0 aliphatic carbocycles. The van der Waals surface area contributed by atoms with E-state index in [0.717, 1.165) is 12.1 Å². The van der Waals surface area contributed by atoms with Gasteiger partial charge in [-0.05, 0) is 24.6 Å². The Morgan fingerprint density at radius 3 is 2.50 bits per heavy atom. The van der Waals surface area contributed by atoms with Crippen LogP contribution in [0.3, 0.4) is 0 Å². The predicted molar refractivity (Wildman–Crippen MR) is 56.0 cm³/mol. The molecule has 3 N–H and O–H groups in total. The first-order valence-electron chi connectivity index (χ1n) is 4.36. The van der Waals surface area contributed by atoms with Crippen LogP contribution in [-0.4, -0.2) is 17.0 Å². The molecule has 0 fully saturated rings. The van der Waals surface area contributed by atoms with E-state index in [9.17, 15) is 14.0 Å². The Kier molecular flexibility index (Phi) is 3.49. The lowest BCUT2D eigenvalue weighted by molar-refractivity contribution is -0.119. The second-order valence-electron chi connectivity index (χ2n) is 3.28. The second-order valence-corrected chi connectivity index (χ2v) is 3.69. The third kappa shape index (κ3) is 2.30. The van der Waals surface area contributed by atoms with Crippen LogP contribution in [0.15, 0.2) is 12.1 Å². The number of nitrogens with two attached hydrogens (primary N) is 1. The smallest absolute Gasteiger partial charge is 0.336 e. The number of rotatable bonds is 3. The first kappa shape index (κ1) is 12.4. The molecule has 1 amide bonds. The van der Waals surface area contributed by atoms with Gasteiger partial charge in [0.05, 0.1) is 16.5 Å². The number of carbonyl (C=O) groups is 2. The Bertz CT molecular complexity index is 462. The van der Waals surface area contributed by atoms with Crippen molar-refractivity contribution < 1.29 is 19.1 Å². The van der Waals surface area contributed by atoms with E-state index >= 15 is 0 Å². The van der Waals surface area contributed by atoms with Crippen LogP contribution in [0.25, 0.3) is 0 Å². The van der Waals surface area contributed by atoms with Crippen molar-refractivity contribution in [3.8, 4) is 0 Å². The monoisotopic (exact) mass is 245 g/mol. The minimum atomic E-state index is -1.33. The van der Waals surface area contributed by atoms with E-state index in [1.165, 1.54) is 6.92 Å². The fourth-order valence-electron chi connectivity index (χ4n) is 1.26. The van der Waals surface area contributed by atoms with Gasteiger partial charge in [-0.1, -0.05) is 11.6 Å². The molecule has 0 spiro atoms. The van der Waals surface area contributed by atoms with Crippen LogP contribution in [0.5, 0.6) is 0 Å². The highest BCUT2D eigenvalue weighted by atomic mass is 35.5. The Morgan fingerprint density at radius 2 is 2.06 bits per heavy atom. The summed E-state index contributed by atoms with van der Waals surface area (Å²) in [5, 5.41) is 8.61. The summed E-state index contributed by atoms with van der Waals surface area (Å²) in [4.78, 5) is 21.8. The Morgan fingerprint density at radius 1 is 1.50 bits per heavy atom. The highest BCUT2D eigenvalue weighted by Gasteiger charge is 2.21. The molecule has 1 unspecified atom stereocenters. The summed E-state index contributed by atoms with van der Waals surface area (Å²) in [6, 6.07) is 1.88. The molecule has 0 heterocycles. The molecule has 4 nitrogen and oxygen atoms in total. The Labute approximate surface area is 95.8 Å². The van der Waals surface area contributed by atoms with Crippen LogP contribution in [0.2, 0.25) is 5.02 Å². The van der Waals surface area contributed by atoms with Crippen LogP contribution in [0, 0.1) is 5.82 Å². The maximum absolute atomic E-state index is 13.1. The Hall–Kier alpha value is -1.62. The number of carboxylic acid groups (broad SMARTS) is 1. The average Bonchev–Trinajstić information content (AvgIpc) is 2.19. The van der Waals surface area contributed by atoms with Crippen molar-refractivity contribution in [1.29, 1.82) is 0 Å². The molecule has 86 valence electrons. The summed E-state index contributed by atoms with van der Waals surface area (Å²) in [6.45, 7) is 1.43. The minimum absolute atomic E-state index is 0.103. The zero-order chi connectivity index (χ0) is 12.5. The molecule has 1 aromatic rings. The first-order valence-corrected chi connectivity index (χ1v) is 4.74. The number of aromatic carboxylic acids is 1. The van der Waals surface area contributed by atoms with Gasteiger partial charge in [0.2, 0.25) is 5.91 Å². The normalized spacial score (nSPS) is 12.2. The van der Waals surface area contributed by atoms with Gasteiger partial charge < -0.3 is 10.8 Å². The van der Waals surface area contributed by atoms with Gasteiger partial charge in [-0.25, -0.2) is 9.18 Å². The SMILES string of the molecule is CC(C(N)=O)c1cc(Cl)c(F)cc1C(=O)O. The van der Waals surface area contributed by atoms with Crippen LogP contribution in [-0.2, 0) is 4.79 Å². The summed E-state index contributed by atoms with van der Waals surface area (Å²) in [5.41, 5.74) is 4.85. The molecule has 0 aliphatic rings. The zero-order valence-corrected chi connectivity index (χ0v) is 9.08. The predicted octanol–water partition coefficient (Wildman–Crippen LogP) is 1.77. The minimum Gasteiger partial charge on any atom is -0.478 e. The van der Waals surface area contributed by atoms with Crippen molar-refractivity contribution >= 4 is 23.5 Å². The van der Waals surface area contributed by atoms with Crippen molar-refractivity contribution in [2.45, 2.75) is 12.8 Å². The summed E-state index contributed by atoms with van der Waals surface area (Å²) in [6.07, 6.45) is 0. The van der Waals surface area contributed by atoms with Crippen molar-refractivity contribution in [3.63, 3.8) is 0 Å². The summed E-state index contributed by atoms with van der Waals surface area (Å²) in [7, 11) is 0. The van der Waals surface area contributed by atoms with Gasteiger partial charge in [-0.15, -0.1) is 0 Å². The molecule has 6 heteroatoms. The van der Waals surface area contributed by atoms with Gasteiger partial charge in [0.15, 0.2) is 0 Å². The fraction of sp³-hybridized carbons (Fsp3) is 0.200. The van der Waals surface area contributed by atoms with E-state index in [1.54, 1.807) is 0 Å². The summed E-state index contributed by atoms with van der Waals surface area (Å²) >= 11 is 5.52. The van der Waals surface area contributed by atoms with Gasteiger partial charge in [-0.3, -0.25) is 4.79 Å². The zero-order valence-electron chi connectivity index (χ0n) is 8.33. The molecule has 0 bridgehead atoms. The van der Waals surface area contributed by atoms with Gasteiger partial charge >= 0.3 is 5.97 Å². The van der Waals surface area contributed by atoms with Crippen molar-refractivity contribution in [2.75, 3.05) is 0 Å². The Balaban J connectivity index is 3.41. The van der Waals surface area contributed by atoms with Gasteiger partial charge in [0.1, 0.15) is 5.82 Å². The van der Waals surface area contributed by atoms with Crippen molar-refractivity contribution in [2.24, 2.45) is 5.73 Å². The van der Waals surface area contributed by atoms with Gasteiger partial charge in [0.25, 0.3) is 0 Å². The lowest BCUT2D eigenvalue weighted by atomic mass is 9.95. The van der Waals surface area contributed by atoms with Crippen LogP contribution >= 0.6 is 11.6 Å². The molecule has 0 aromatic heterocycles. The molecule has 16 heavy (non-hydrogen) atoms. The third-order valence-electron chi connectivity index (χ3n) is 2.22.